The van der Waals surface area contributed by atoms with Crippen LogP contribution in [0.2, 0.25) is 0 Å². The van der Waals surface area contributed by atoms with E-state index in [9.17, 15) is 0 Å². The Hall–Kier alpha value is -2.13. The van der Waals surface area contributed by atoms with Gasteiger partial charge in [0.1, 0.15) is 11.8 Å². The third-order valence-electron chi connectivity index (χ3n) is 3.09. The second kappa shape index (κ2) is 4.27. The average molecular weight is 244 g/mol. The molecule has 0 spiro atoms. The van der Waals surface area contributed by atoms with Crippen molar-refractivity contribution in [1.29, 1.82) is 5.26 Å². The smallest absolute Gasteiger partial charge is 0.274 e. The zero-order chi connectivity index (χ0) is 12.5. The fraction of sp³-hybridized carbons (Fsp3) is 0.417. The van der Waals surface area contributed by atoms with E-state index in [1.54, 1.807) is 16.8 Å². The van der Waals surface area contributed by atoms with Crippen molar-refractivity contribution in [3.63, 3.8) is 0 Å². The maximum atomic E-state index is 8.85. The van der Waals surface area contributed by atoms with Gasteiger partial charge in [-0.3, -0.25) is 0 Å². The zero-order valence-electron chi connectivity index (χ0n) is 9.96. The monoisotopic (exact) mass is 244 g/mol. The third-order valence-corrected chi connectivity index (χ3v) is 3.09. The first kappa shape index (κ1) is 11.0. The first-order valence-electron chi connectivity index (χ1n) is 5.76. The quantitative estimate of drug-likeness (QED) is 0.799. The zero-order valence-corrected chi connectivity index (χ0v) is 9.96. The molecule has 0 saturated carbocycles. The molecular formula is C12H12N4O2. The number of aromatic nitrogens is 3. The Kier molecular flexibility index (Phi) is 2.61. The SMILES string of the molecule is Cn1cc(C#N)cc1-c1nc(C2CCOC2)no1. The summed E-state index contributed by atoms with van der Waals surface area (Å²) in [7, 11) is 1.85. The van der Waals surface area contributed by atoms with E-state index < -0.39 is 0 Å². The van der Waals surface area contributed by atoms with Gasteiger partial charge in [-0.15, -0.1) is 0 Å². The minimum atomic E-state index is 0.221. The van der Waals surface area contributed by atoms with Crippen LogP contribution in [-0.2, 0) is 11.8 Å². The second-order valence-corrected chi connectivity index (χ2v) is 4.35. The van der Waals surface area contributed by atoms with E-state index in [-0.39, 0.29) is 5.92 Å². The summed E-state index contributed by atoms with van der Waals surface area (Å²) in [5.74, 6) is 1.35. The van der Waals surface area contributed by atoms with Crippen LogP contribution in [0.15, 0.2) is 16.8 Å². The van der Waals surface area contributed by atoms with Crippen molar-refractivity contribution in [3.8, 4) is 17.7 Å². The van der Waals surface area contributed by atoms with Crippen LogP contribution >= 0.6 is 0 Å². The molecule has 1 saturated heterocycles. The van der Waals surface area contributed by atoms with Crippen LogP contribution in [0.5, 0.6) is 0 Å². The van der Waals surface area contributed by atoms with E-state index in [1.165, 1.54) is 0 Å². The summed E-state index contributed by atoms with van der Waals surface area (Å²) < 4.78 is 12.4. The number of aryl methyl sites for hydroxylation is 1. The lowest BCUT2D eigenvalue weighted by Crippen LogP contribution is -1.99. The van der Waals surface area contributed by atoms with Gasteiger partial charge in [-0.2, -0.15) is 10.2 Å². The van der Waals surface area contributed by atoms with Gasteiger partial charge >= 0.3 is 0 Å². The Morgan fingerprint density at radius 3 is 3.11 bits per heavy atom. The molecule has 1 aliphatic rings. The normalized spacial score (nSPS) is 19.0. The summed E-state index contributed by atoms with van der Waals surface area (Å²) in [5, 5.41) is 12.8. The van der Waals surface area contributed by atoms with Gasteiger partial charge in [-0.1, -0.05) is 5.16 Å². The lowest BCUT2D eigenvalue weighted by atomic mass is 10.1. The maximum absolute atomic E-state index is 8.85. The molecule has 1 aliphatic heterocycles. The first-order valence-corrected chi connectivity index (χ1v) is 5.76. The Labute approximate surface area is 104 Å². The summed E-state index contributed by atoms with van der Waals surface area (Å²) in [6, 6.07) is 3.83. The second-order valence-electron chi connectivity index (χ2n) is 4.35. The number of hydrogen-bond donors (Lipinski definition) is 0. The van der Waals surface area contributed by atoms with Crippen molar-refractivity contribution in [2.24, 2.45) is 7.05 Å². The topological polar surface area (TPSA) is 76.9 Å². The lowest BCUT2D eigenvalue weighted by molar-refractivity contribution is 0.192. The van der Waals surface area contributed by atoms with Crippen LogP contribution in [0.3, 0.4) is 0 Å². The van der Waals surface area contributed by atoms with E-state index in [0.717, 1.165) is 18.7 Å². The fourth-order valence-corrected chi connectivity index (χ4v) is 2.08. The van der Waals surface area contributed by atoms with Crippen molar-refractivity contribution in [1.82, 2.24) is 14.7 Å². The molecule has 92 valence electrons. The molecule has 0 radical (unpaired) electrons. The molecule has 0 bridgehead atoms. The van der Waals surface area contributed by atoms with Crippen LogP contribution < -0.4 is 0 Å². The summed E-state index contributed by atoms with van der Waals surface area (Å²) in [5.41, 5.74) is 1.33. The standard InChI is InChI=1S/C12H12N4O2/c1-16-6-8(5-13)4-10(16)12-14-11(15-18-12)9-2-3-17-7-9/h4,6,9H,2-3,7H2,1H3. The molecule has 0 N–H and O–H groups in total. The molecule has 0 aromatic carbocycles. The van der Waals surface area contributed by atoms with E-state index in [1.807, 2.05) is 7.05 Å². The van der Waals surface area contributed by atoms with Gasteiger partial charge in [-0.25, -0.2) is 0 Å². The van der Waals surface area contributed by atoms with E-state index in [4.69, 9.17) is 14.5 Å². The van der Waals surface area contributed by atoms with Crippen molar-refractivity contribution in [3.05, 3.63) is 23.7 Å². The minimum Gasteiger partial charge on any atom is -0.381 e. The number of ether oxygens (including phenoxy) is 1. The summed E-state index contributed by atoms with van der Waals surface area (Å²) >= 11 is 0. The molecule has 6 nitrogen and oxygen atoms in total. The average Bonchev–Trinajstić information content (AvgIpc) is 3.08. The van der Waals surface area contributed by atoms with Crippen LogP contribution in [0.25, 0.3) is 11.6 Å². The molecular weight excluding hydrogens is 232 g/mol. The van der Waals surface area contributed by atoms with Crippen molar-refractivity contribution >= 4 is 0 Å². The Morgan fingerprint density at radius 1 is 1.56 bits per heavy atom. The van der Waals surface area contributed by atoms with Crippen LogP contribution in [0.4, 0.5) is 0 Å². The van der Waals surface area contributed by atoms with Crippen LogP contribution in [-0.4, -0.2) is 27.9 Å². The molecule has 18 heavy (non-hydrogen) atoms. The van der Waals surface area contributed by atoms with Gasteiger partial charge < -0.3 is 13.8 Å². The lowest BCUT2D eigenvalue weighted by Gasteiger charge is -1.98. The molecule has 0 amide bonds. The molecule has 2 aromatic heterocycles. The highest BCUT2D eigenvalue weighted by Gasteiger charge is 2.24. The molecule has 0 aliphatic carbocycles. The van der Waals surface area contributed by atoms with Gasteiger partial charge in [0.05, 0.1) is 12.2 Å². The minimum absolute atomic E-state index is 0.221. The molecule has 3 heterocycles. The predicted octanol–water partition coefficient (Wildman–Crippen LogP) is 1.45. The van der Waals surface area contributed by atoms with Crippen LogP contribution in [0.1, 0.15) is 23.7 Å². The number of hydrogen-bond acceptors (Lipinski definition) is 5. The van der Waals surface area contributed by atoms with Gasteiger partial charge in [-0.05, 0) is 12.5 Å². The molecule has 1 fully saturated rings. The maximum Gasteiger partial charge on any atom is 0.274 e. The fourth-order valence-electron chi connectivity index (χ4n) is 2.08. The molecule has 1 atom stereocenters. The highest BCUT2D eigenvalue weighted by Crippen LogP contribution is 2.26. The Morgan fingerprint density at radius 2 is 2.44 bits per heavy atom. The van der Waals surface area contributed by atoms with Gasteiger partial charge in [0.15, 0.2) is 5.82 Å². The van der Waals surface area contributed by atoms with Gasteiger partial charge in [0, 0.05) is 25.8 Å². The molecule has 6 heteroatoms. The summed E-state index contributed by atoms with van der Waals surface area (Å²) in [6.07, 6.45) is 2.66. The molecule has 3 rings (SSSR count). The third kappa shape index (κ3) is 1.79. The van der Waals surface area contributed by atoms with Crippen molar-refractivity contribution < 1.29 is 9.26 Å². The first-order chi connectivity index (χ1) is 8.78. The van der Waals surface area contributed by atoms with Crippen molar-refractivity contribution in [2.75, 3.05) is 13.2 Å². The highest BCUT2D eigenvalue weighted by atomic mass is 16.5. The van der Waals surface area contributed by atoms with E-state index in [2.05, 4.69) is 16.2 Å². The van der Waals surface area contributed by atoms with Crippen LogP contribution in [0, 0.1) is 11.3 Å². The van der Waals surface area contributed by atoms with Gasteiger partial charge in [0.25, 0.3) is 5.89 Å². The number of nitrogens with zero attached hydrogens (tertiary/aromatic N) is 4. The largest absolute Gasteiger partial charge is 0.381 e. The Balaban J connectivity index is 1.92. The van der Waals surface area contributed by atoms with E-state index >= 15 is 0 Å². The summed E-state index contributed by atoms with van der Waals surface area (Å²) in [4.78, 5) is 4.38. The molecule has 2 aromatic rings. The Bertz CT molecular complexity index is 602. The highest BCUT2D eigenvalue weighted by molar-refractivity contribution is 5.52. The number of rotatable bonds is 2. The number of nitriles is 1. The molecule has 1 unspecified atom stereocenters. The predicted molar refractivity (Wildman–Crippen MR) is 61.6 cm³/mol. The summed E-state index contributed by atoms with van der Waals surface area (Å²) in [6.45, 7) is 1.40. The van der Waals surface area contributed by atoms with Gasteiger partial charge in [0.2, 0.25) is 0 Å². The van der Waals surface area contributed by atoms with E-state index in [0.29, 0.717) is 23.9 Å². The van der Waals surface area contributed by atoms with Crippen molar-refractivity contribution in [2.45, 2.75) is 12.3 Å².